The molecule has 0 unspecified atom stereocenters. The molecular formula is C11H15F3N4O2S. The van der Waals surface area contributed by atoms with E-state index in [4.69, 9.17) is 5.73 Å². The van der Waals surface area contributed by atoms with Crippen LogP contribution in [0.2, 0.25) is 0 Å². The standard InChI is InChI=1S/C11H15F3N4O2S/c1-17(2)9(19)4-18(6-11(12,13)14)10(20)7-5-21-8(3-15)16-7/h5H,3-4,6,15H2,1-2H3. The number of amides is 2. The molecule has 1 rings (SSSR count). The number of aromatic nitrogens is 1. The average molecular weight is 324 g/mol. The Morgan fingerprint density at radius 1 is 1.38 bits per heavy atom. The summed E-state index contributed by atoms with van der Waals surface area (Å²) in [5.41, 5.74) is 5.20. The number of likely N-dealkylation sites (N-methyl/N-ethyl adjacent to an activating group) is 1. The van der Waals surface area contributed by atoms with Gasteiger partial charge in [0.25, 0.3) is 5.91 Å². The van der Waals surface area contributed by atoms with Gasteiger partial charge >= 0.3 is 6.18 Å². The van der Waals surface area contributed by atoms with Gasteiger partial charge in [0.15, 0.2) is 0 Å². The monoisotopic (exact) mass is 324 g/mol. The number of rotatable bonds is 5. The van der Waals surface area contributed by atoms with Gasteiger partial charge in [-0.25, -0.2) is 4.98 Å². The molecule has 2 N–H and O–H groups in total. The third-order valence-electron chi connectivity index (χ3n) is 2.43. The van der Waals surface area contributed by atoms with Crippen LogP contribution in [0.4, 0.5) is 13.2 Å². The summed E-state index contributed by atoms with van der Waals surface area (Å²) in [5.74, 6) is -1.56. The maximum atomic E-state index is 12.5. The van der Waals surface area contributed by atoms with Crippen molar-refractivity contribution in [2.45, 2.75) is 12.7 Å². The van der Waals surface area contributed by atoms with Crippen LogP contribution < -0.4 is 5.73 Å². The fraction of sp³-hybridized carbons (Fsp3) is 0.545. The lowest BCUT2D eigenvalue weighted by atomic mass is 10.3. The molecule has 21 heavy (non-hydrogen) atoms. The number of carbonyl (C=O) groups is 2. The van der Waals surface area contributed by atoms with Crippen LogP contribution in [0.25, 0.3) is 0 Å². The summed E-state index contributed by atoms with van der Waals surface area (Å²) in [7, 11) is 2.79. The number of thiazole rings is 1. The van der Waals surface area contributed by atoms with Gasteiger partial charge in [-0.2, -0.15) is 13.2 Å². The fourth-order valence-corrected chi connectivity index (χ4v) is 2.03. The van der Waals surface area contributed by atoms with Gasteiger partial charge < -0.3 is 15.5 Å². The molecule has 1 aromatic heterocycles. The first kappa shape index (κ1) is 17.4. The van der Waals surface area contributed by atoms with Crippen LogP contribution >= 0.6 is 11.3 Å². The number of nitrogens with two attached hydrogens (primary N) is 1. The molecule has 1 aromatic rings. The van der Waals surface area contributed by atoms with E-state index >= 15 is 0 Å². The Bertz CT molecular complexity index is 516. The number of halogens is 3. The van der Waals surface area contributed by atoms with Crippen molar-refractivity contribution in [2.24, 2.45) is 5.73 Å². The highest BCUT2D eigenvalue weighted by molar-refractivity contribution is 7.09. The molecule has 0 saturated carbocycles. The van der Waals surface area contributed by atoms with Crippen molar-refractivity contribution >= 4 is 23.2 Å². The lowest BCUT2D eigenvalue weighted by Gasteiger charge is -2.24. The van der Waals surface area contributed by atoms with Crippen molar-refractivity contribution < 1.29 is 22.8 Å². The highest BCUT2D eigenvalue weighted by Gasteiger charge is 2.35. The summed E-state index contributed by atoms with van der Waals surface area (Å²) in [4.78, 5) is 29.0. The summed E-state index contributed by atoms with van der Waals surface area (Å²) in [6.07, 6.45) is -4.60. The first-order valence-corrected chi connectivity index (χ1v) is 6.72. The number of carbonyl (C=O) groups excluding carboxylic acids is 2. The van der Waals surface area contributed by atoms with Crippen LogP contribution in [0.5, 0.6) is 0 Å². The Hall–Kier alpha value is -1.68. The third-order valence-corrected chi connectivity index (χ3v) is 3.30. The van der Waals surface area contributed by atoms with Crippen molar-refractivity contribution in [2.75, 3.05) is 27.2 Å². The predicted molar refractivity (Wildman–Crippen MR) is 70.7 cm³/mol. The van der Waals surface area contributed by atoms with E-state index < -0.39 is 31.1 Å². The van der Waals surface area contributed by atoms with Gasteiger partial charge in [-0.3, -0.25) is 9.59 Å². The zero-order valence-electron chi connectivity index (χ0n) is 11.5. The van der Waals surface area contributed by atoms with Crippen molar-refractivity contribution in [3.63, 3.8) is 0 Å². The lowest BCUT2D eigenvalue weighted by molar-refractivity contribution is -0.146. The minimum absolute atomic E-state index is 0.0911. The maximum absolute atomic E-state index is 12.5. The summed E-state index contributed by atoms with van der Waals surface area (Å²) >= 11 is 1.08. The van der Waals surface area contributed by atoms with E-state index in [1.54, 1.807) is 0 Å². The first-order chi connectivity index (χ1) is 9.64. The van der Waals surface area contributed by atoms with E-state index in [9.17, 15) is 22.8 Å². The number of nitrogens with zero attached hydrogens (tertiary/aromatic N) is 3. The van der Waals surface area contributed by atoms with E-state index in [-0.39, 0.29) is 12.2 Å². The van der Waals surface area contributed by atoms with Crippen LogP contribution in [0, 0.1) is 0 Å². The van der Waals surface area contributed by atoms with E-state index in [2.05, 4.69) is 4.98 Å². The third kappa shape index (κ3) is 5.31. The van der Waals surface area contributed by atoms with E-state index in [0.29, 0.717) is 9.91 Å². The molecule has 6 nitrogen and oxygen atoms in total. The molecule has 118 valence electrons. The SMILES string of the molecule is CN(C)C(=O)CN(CC(F)(F)F)C(=O)c1csc(CN)n1. The van der Waals surface area contributed by atoms with Gasteiger partial charge in [-0.15, -0.1) is 11.3 Å². The smallest absolute Gasteiger partial charge is 0.347 e. The van der Waals surface area contributed by atoms with E-state index in [0.717, 1.165) is 16.2 Å². The van der Waals surface area contributed by atoms with Crippen LogP contribution in [0.3, 0.4) is 0 Å². The summed E-state index contributed by atoms with van der Waals surface area (Å²) in [6, 6.07) is 0. The topological polar surface area (TPSA) is 79.5 Å². The van der Waals surface area contributed by atoms with Gasteiger partial charge in [-0.05, 0) is 0 Å². The highest BCUT2D eigenvalue weighted by atomic mass is 32.1. The van der Waals surface area contributed by atoms with Crippen molar-refractivity contribution in [3.8, 4) is 0 Å². The minimum atomic E-state index is -4.60. The number of hydrogen-bond acceptors (Lipinski definition) is 5. The van der Waals surface area contributed by atoms with Crippen molar-refractivity contribution in [1.29, 1.82) is 0 Å². The van der Waals surface area contributed by atoms with Gasteiger partial charge in [-0.1, -0.05) is 0 Å². The zero-order chi connectivity index (χ0) is 16.2. The highest BCUT2D eigenvalue weighted by Crippen LogP contribution is 2.19. The molecule has 0 bridgehead atoms. The van der Waals surface area contributed by atoms with Gasteiger partial charge in [0.05, 0.1) is 0 Å². The molecule has 1 heterocycles. The Kier molecular flexibility index (Phi) is 5.67. The van der Waals surface area contributed by atoms with E-state index in [1.165, 1.54) is 19.5 Å². The first-order valence-electron chi connectivity index (χ1n) is 5.84. The maximum Gasteiger partial charge on any atom is 0.406 e. The molecule has 0 aliphatic heterocycles. The lowest BCUT2D eigenvalue weighted by Crippen LogP contribution is -2.45. The molecule has 0 atom stereocenters. The van der Waals surface area contributed by atoms with Gasteiger partial charge in [0, 0.05) is 26.0 Å². The summed E-state index contributed by atoms with van der Waals surface area (Å²) < 4.78 is 37.6. The number of alkyl halides is 3. The predicted octanol–water partition coefficient (Wildman–Crippen LogP) is 0.694. The van der Waals surface area contributed by atoms with Crippen LogP contribution in [-0.4, -0.2) is 60.0 Å². The van der Waals surface area contributed by atoms with Crippen LogP contribution in [0.15, 0.2) is 5.38 Å². The molecule has 0 saturated heterocycles. The second-order valence-corrected chi connectivity index (χ2v) is 5.34. The summed E-state index contributed by atoms with van der Waals surface area (Å²) in [5, 5.41) is 1.76. The normalized spacial score (nSPS) is 11.3. The van der Waals surface area contributed by atoms with Crippen molar-refractivity contribution in [1.82, 2.24) is 14.8 Å². The Morgan fingerprint density at radius 2 is 2.00 bits per heavy atom. The van der Waals surface area contributed by atoms with Crippen molar-refractivity contribution in [3.05, 3.63) is 16.1 Å². The molecule has 0 aliphatic carbocycles. The molecule has 2 amide bonds. The fourth-order valence-electron chi connectivity index (χ4n) is 1.39. The second kappa shape index (κ2) is 6.85. The van der Waals surface area contributed by atoms with Crippen LogP contribution in [-0.2, 0) is 11.3 Å². The quantitative estimate of drug-likeness (QED) is 0.864. The molecule has 0 aliphatic rings. The number of hydrogen-bond donors (Lipinski definition) is 1. The minimum Gasteiger partial charge on any atom is -0.347 e. The molecular weight excluding hydrogens is 309 g/mol. The molecule has 10 heteroatoms. The average Bonchev–Trinajstić information content (AvgIpc) is 2.83. The van der Waals surface area contributed by atoms with Gasteiger partial charge in [0.1, 0.15) is 23.8 Å². The summed E-state index contributed by atoms with van der Waals surface area (Å²) in [6.45, 7) is -2.09. The Morgan fingerprint density at radius 3 is 2.43 bits per heavy atom. The Balaban J connectivity index is 2.93. The largest absolute Gasteiger partial charge is 0.406 e. The van der Waals surface area contributed by atoms with E-state index in [1.807, 2.05) is 0 Å². The molecule has 0 fully saturated rings. The Labute approximate surface area is 123 Å². The van der Waals surface area contributed by atoms with Gasteiger partial charge in [0.2, 0.25) is 5.91 Å². The zero-order valence-corrected chi connectivity index (χ0v) is 12.3. The second-order valence-electron chi connectivity index (χ2n) is 4.40. The molecule has 0 radical (unpaired) electrons. The molecule has 0 spiro atoms. The molecule has 0 aromatic carbocycles. The van der Waals surface area contributed by atoms with Crippen LogP contribution in [0.1, 0.15) is 15.5 Å².